The quantitative estimate of drug-likeness (QED) is 0.851. The van der Waals surface area contributed by atoms with E-state index in [1.165, 1.54) is 18.4 Å². The normalized spacial score (nSPS) is 18.6. The molecule has 0 saturated carbocycles. The molecule has 0 amide bonds. The Morgan fingerprint density at radius 1 is 1.50 bits per heavy atom. The van der Waals surface area contributed by atoms with Crippen molar-refractivity contribution in [1.29, 1.82) is 0 Å². The van der Waals surface area contributed by atoms with Crippen LogP contribution in [0.25, 0.3) is 0 Å². The van der Waals surface area contributed by atoms with Crippen molar-refractivity contribution >= 4 is 5.82 Å². The molecule has 4 nitrogen and oxygen atoms in total. The van der Waals surface area contributed by atoms with Gasteiger partial charge in [0.1, 0.15) is 5.82 Å². The fourth-order valence-corrected chi connectivity index (χ4v) is 2.47. The standard InChI is InChI=1S/C14H24N4/c1-3-13(15)11-4-9-17-14(10-11)18(2)12-5-7-16-8-6-12/h4,9-10,12-13,16H,3,5-8,15H2,1-2H3/t13-/m0/s1. The maximum atomic E-state index is 6.09. The van der Waals surface area contributed by atoms with Crippen LogP contribution in [0.1, 0.15) is 37.8 Å². The molecule has 3 N–H and O–H groups in total. The van der Waals surface area contributed by atoms with Gasteiger partial charge in [-0.15, -0.1) is 0 Å². The number of pyridine rings is 1. The highest BCUT2D eigenvalue weighted by atomic mass is 15.2. The van der Waals surface area contributed by atoms with Crippen molar-refractivity contribution in [2.45, 2.75) is 38.3 Å². The summed E-state index contributed by atoms with van der Waals surface area (Å²) in [6.45, 7) is 4.31. The number of hydrogen-bond donors (Lipinski definition) is 2. The second kappa shape index (κ2) is 6.16. The second-order valence-corrected chi connectivity index (χ2v) is 5.05. The van der Waals surface area contributed by atoms with E-state index in [2.05, 4.69) is 35.2 Å². The highest BCUT2D eigenvalue weighted by molar-refractivity contribution is 5.42. The molecule has 0 aliphatic carbocycles. The molecule has 0 radical (unpaired) electrons. The second-order valence-electron chi connectivity index (χ2n) is 5.05. The molecular formula is C14H24N4. The van der Waals surface area contributed by atoms with Crippen LogP contribution in [0.3, 0.4) is 0 Å². The van der Waals surface area contributed by atoms with Crippen molar-refractivity contribution in [3.8, 4) is 0 Å². The van der Waals surface area contributed by atoms with Gasteiger partial charge in [-0.2, -0.15) is 0 Å². The predicted octanol–water partition coefficient (Wildman–Crippen LogP) is 1.68. The molecule has 1 fully saturated rings. The van der Waals surface area contributed by atoms with E-state index < -0.39 is 0 Å². The summed E-state index contributed by atoms with van der Waals surface area (Å²) >= 11 is 0. The Morgan fingerprint density at radius 3 is 2.89 bits per heavy atom. The topological polar surface area (TPSA) is 54.2 Å². The average molecular weight is 248 g/mol. The number of nitrogens with zero attached hydrogens (tertiary/aromatic N) is 2. The molecule has 0 unspecified atom stereocenters. The highest BCUT2D eigenvalue weighted by Gasteiger charge is 2.19. The number of piperidine rings is 1. The molecule has 18 heavy (non-hydrogen) atoms. The number of anilines is 1. The lowest BCUT2D eigenvalue weighted by Gasteiger charge is -2.32. The molecule has 1 aromatic heterocycles. The van der Waals surface area contributed by atoms with E-state index in [0.29, 0.717) is 6.04 Å². The summed E-state index contributed by atoms with van der Waals surface area (Å²) in [5.41, 5.74) is 7.27. The molecular weight excluding hydrogens is 224 g/mol. The van der Waals surface area contributed by atoms with E-state index in [0.717, 1.165) is 25.3 Å². The molecule has 1 aromatic rings. The van der Waals surface area contributed by atoms with Crippen molar-refractivity contribution in [3.63, 3.8) is 0 Å². The van der Waals surface area contributed by atoms with Crippen molar-refractivity contribution in [1.82, 2.24) is 10.3 Å². The molecule has 1 aliphatic rings. The predicted molar refractivity (Wildman–Crippen MR) is 75.8 cm³/mol. The van der Waals surface area contributed by atoms with Gasteiger partial charge in [-0.1, -0.05) is 6.92 Å². The first-order valence-corrected chi connectivity index (χ1v) is 6.87. The zero-order chi connectivity index (χ0) is 13.0. The van der Waals surface area contributed by atoms with E-state index in [-0.39, 0.29) is 6.04 Å². The summed E-state index contributed by atoms with van der Waals surface area (Å²) in [7, 11) is 2.14. The average Bonchev–Trinajstić information content (AvgIpc) is 2.46. The lowest BCUT2D eigenvalue weighted by molar-refractivity contribution is 0.441. The fourth-order valence-electron chi connectivity index (χ4n) is 2.47. The summed E-state index contributed by atoms with van der Waals surface area (Å²) in [5.74, 6) is 1.04. The van der Waals surface area contributed by atoms with E-state index in [9.17, 15) is 0 Å². The van der Waals surface area contributed by atoms with Gasteiger partial charge in [0, 0.05) is 25.3 Å². The number of hydrogen-bond acceptors (Lipinski definition) is 4. The lowest BCUT2D eigenvalue weighted by Crippen LogP contribution is -2.41. The Labute approximate surface area is 110 Å². The molecule has 0 aromatic carbocycles. The van der Waals surface area contributed by atoms with Crippen molar-refractivity contribution in [2.75, 3.05) is 25.0 Å². The van der Waals surface area contributed by atoms with Gasteiger partial charge in [0.05, 0.1) is 0 Å². The summed E-state index contributed by atoms with van der Waals surface area (Å²) in [4.78, 5) is 6.78. The molecule has 0 bridgehead atoms. The number of aromatic nitrogens is 1. The van der Waals surface area contributed by atoms with Crippen molar-refractivity contribution in [2.24, 2.45) is 5.73 Å². The monoisotopic (exact) mass is 248 g/mol. The van der Waals surface area contributed by atoms with Gasteiger partial charge in [-0.05, 0) is 50.0 Å². The summed E-state index contributed by atoms with van der Waals surface area (Å²) < 4.78 is 0. The van der Waals surface area contributed by atoms with Gasteiger partial charge in [0.15, 0.2) is 0 Å². The van der Waals surface area contributed by atoms with Crippen LogP contribution in [-0.4, -0.2) is 31.2 Å². The number of nitrogens with one attached hydrogen (secondary N) is 1. The first kappa shape index (κ1) is 13.3. The molecule has 4 heteroatoms. The highest BCUT2D eigenvalue weighted by Crippen LogP contribution is 2.21. The van der Waals surface area contributed by atoms with Gasteiger partial charge in [0.2, 0.25) is 0 Å². The summed E-state index contributed by atoms with van der Waals surface area (Å²) in [5, 5.41) is 3.39. The summed E-state index contributed by atoms with van der Waals surface area (Å²) in [6, 6.07) is 4.87. The van der Waals surface area contributed by atoms with Gasteiger partial charge >= 0.3 is 0 Å². The van der Waals surface area contributed by atoms with Gasteiger partial charge in [0.25, 0.3) is 0 Å². The van der Waals surface area contributed by atoms with Gasteiger partial charge < -0.3 is 16.0 Å². The van der Waals surface area contributed by atoms with E-state index in [1.807, 2.05) is 12.3 Å². The summed E-state index contributed by atoms with van der Waals surface area (Å²) in [6.07, 6.45) is 5.20. The molecule has 1 atom stereocenters. The number of nitrogens with two attached hydrogens (primary N) is 1. The SMILES string of the molecule is CC[C@H](N)c1ccnc(N(C)C2CCNCC2)c1. The maximum absolute atomic E-state index is 6.09. The Hall–Kier alpha value is -1.13. The third-order valence-electron chi connectivity index (χ3n) is 3.86. The molecule has 1 saturated heterocycles. The van der Waals surface area contributed by atoms with E-state index >= 15 is 0 Å². The van der Waals surface area contributed by atoms with Crippen LogP contribution in [0.2, 0.25) is 0 Å². The van der Waals surface area contributed by atoms with E-state index in [4.69, 9.17) is 5.73 Å². The molecule has 100 valence electrons. The van der Waals surface area contributed by atoms with Crippen LogP contribution in [0.5, 0.6) is 0 Å². The lowest BCUT2D eigenvalue weighted by atomic mass is 10.0. The first-order chi connectivity index (χ1) is 8.72. The zero-order valence-corrected chi connectivity index (χ0v) is 11.4. The van der Waals surface area contributed by atoms with Crippen molar-refractivity contribution in [3.05, 3.63) is 23.9 Å². The Balaban J connectivity index is 2.11. The fraction of sp³-hybridized carbons (Fsp3) is 0.643. The van der Waals surface area contributed by atoms with Gasteiger partial charge in [-0.25, -0.2) is 4.98 Å². The van der Waals surface area contributed by atoms with Crippen LogP contribution in [0.15, 0.2) is 18.3 Å². The molecule has 2 heterocycles. The zero-order valence-electron chi connectivity index (χ0n) is 11.4. The first-order valence-electron chi connectivity index (χ1n) is 6.87. The molecule has 2 rings (SSSR count). The van der Waals surface area contributed by atoms with E-state index in [1.54, 1.807) is 0 Å². The molecule has 1 aliphatic heterocycles. The third kappa shape index (κ3) is 3.00. The smallest absolute Gasteiger partial charge is 0.128 e. The Bertz CT molecular complexity index is 374. The van der Waals surface area contributed by atoms with Gasteiger partial charge in [-0.3, -0.25) is 0 Å². The Morgan fingerprint density at radius 2 is 2.22 bits per heavy atom. The third-order valence-corrected chi connectivity index (χ3v) is 3.86. The van der Waals surface area contributed by atoms with Crippen LogP contribution >= 0.6 is 0 Å². The minimum absolute atomic E-state index is 0.119. The number of rotatable bonds is 4. The van der Waals surface area contributed by atoms with Crippen LogP contribution in [-0.2, 0) is 0 Å². The molecule has 0 spiro atoms. The van der Waals surface area contributed by atoms with Crippen LogP contribution in [0, 0.1) is 0 Å². The largest absolute Gasteiger partial charge is 0.357 e. The van der Waals surface area contributed by atoms with Crippen LogP contribution in [0.4, 0.5) is 5.82 Å². The van der Waals surface area contributed by atoms with Crippen LogP contribution < -0.4 is 16.0 Å². The minimum Gasteiger partial charge on any atom is -0.357 e. The van der Waals surface area contributed by atoms with Crippen molar-refractivity contribution < 1.29 is 0 Å². The maximum Gasteiger partial charge on any atom is 0.128 e. The minimum atomic E-state index is 0.119. The Kier molecular flexibility index (Phi) is 4.55.